The molecule has 1 aliphatic rings. The summed E-state index contributed by atoms with van der Waals surface area (Å²) in [6.45, 7) is 3.80. The molecule has 1 saturated heterocycles. The number of halogens is 1. The first-order valence-electron chi connectivity index (χ1n) is 9.34. The Hall–Kier alpha value is -2.11. The number of benzene rings is 2. The van der Waals surface area contributed by atoms with Crippen molar-refractivity contribution < 1.29 is 23.8 Å². The van der Waals surface area contributed by atoms with Crippen LogP contribution in [0.4, 0.5) is 5.69 Å². The second kappa shape index (κ2) is 10.5. The van der Waals surface area contributed by atoms with E-state index in [9.17, 15) is 9.59 Å². The highest BCUT2D eigenvalue weighted by Gasteiger charge is 2.33. The van der Waals surface area contributed by atoms with Gasteiger partial charge in [-0.05, 0) is 72.3 Å². The summed E-state index contributed by atoms with van der Waals surface area (Å²) in [6, 6.07) is 11.2. The number of nitrogens with zero attached hydrogens (tertiary/aromatic N) is 1. The first-order valence-corrected chi connectivity index (χ1v) is 11.6. The van der Waals surface area contributed by atoms with E-state index in [2.05, 4.69) is 22.6 Å². The summed E-state index contributed by atoms with van der Waals surface area (Å²) in [7, 11) is 1.52. The number of methoxy groups -OCH3 is 1. The predicted octanol–water partition coefficient (Wildman–Crippen LogP) is 4.96. The number of rotatable bonds is 7. The molecular weight excluding hydrogens is 549 g/mol. The number of esters is 1. The van der Waals surface area contributed by atoms with E-state index >= 15 is 0 Å². The molecular formula is C22H20INO5S2. The number of carbonyl (C=O) groups excluding carboxylic acids is 2. The van der Waals surface area contributed by atoms with Gasteiger partial charge >= 0.3 is 5.97 Å². The van der Waals surface area contributed by atoms with Gasteiger partial charge in [0.15, 0.2) is 22.4 Å². The van der Waals surface area contributed by atoms with Crippen molar-refractivity contribution in [1.29, 1.82) is 0 Å². The van der Waals surface area contributed by atoms with Crippen LogP contribution in [-0.4, -0.2) is 36.5 Å². The number of hydrogen-bond acceptors (Lipinski definition) is 7. The van der Waals surface area contributed by atoms with Crippen molar-refractivity contribution in [3.8, 4) is 11.5 Å². The molecule has 1 amide bonds. The van der Waals surface area contributed by atoms with Crippen molar-refractivity contribution in [1.82, 2.24) is 0 Å². The molecule has 0 N–H and O–H groups in total. The van der Waals surface area contributed by atoms with E-state index in [4.69, 9.17) is 26.4 Å². The van der Waals surface area contributed by atoms with Crippen molar-refractivity contribution >= 4 is 74.5 Å². The number of amides is 1. The Morgan fingerprint density at radius 3 is 2.61 bits per heavy atom. The largest absolute Gasteiger partial charge is 0.493 e. The van der Waals surface area contributed by atoms with Crippen molar-refractivity contribution in [2.75, 3.05) is 25.2 Å². The molecule has 162 valence electrons. The monoisotopic (exact) mass is 569 g/mol. The second-order valence-electron chi connectivity index (χ2n) is 6.48. The maximum Gasteiger partial charge on any atom is 0.344 e. The minimum absolute atomic E-state index is 0.171. The molecule has 0 bridgehead atoms. The summed E-state index contributed by atoms with van der Waals surface area (Å²) in [6.07, 6.45) is 1.77. The lowest BCUT2D eigenvalue weighted by molar-refractivity contribution is -0.145. The predicted molar refractivity (Wildman–Crippen MR) is 135 cm³/mol. The van der Waals surface area contributed by atoms with Gasteiger partial charge in [0.05, 0.1) is 27.9 Å². The fourth-order valence-electron chi connectivity index (χ4n) is 2.83. The zero-order valence-corrected chi connectivity index (χ0v) is 20.9. The van der Waals surface area contributed by atoms with Gasteiger partial charge < -0.3 is 14.2 Å². The van der Waals surface area contributed by atoms with E-state index in [1.165, 1.54) is 23.8 Å². The quantitative estimate of drug-likeness (QED) is 0.202. The summed E-state index contributed by atoms with van der Waals surface area (Å²) in [5.74, 6) is 0.275. The van der Waals surface area contributed by atoms with Crippen molar-refractivity contribution in [2.24, 2.45) is 0 Å². The standard InChI is InChI=1S/C22H20INO5S2/c1-4-28-19(25)12-29-20-16(23)9-14(10-17(20)27-3)11-18-21(26)24(22(30)31-18)15-7-5-13(2)6-8-15/h5-11H,4,12H2,1-3H3/b18-11-. The smallest absolute Gasteiger partial charge is 0.344 e. The SMILES string of the molecule is CCOC(=O)COc1c(I)cc(/C=C2\SC(=S)N(c3ccc(C)cc3)C2=O)cc1OC. The maximum atomic E-state index is 13.0. The molecule has 6 nitrogen and oxygen atoms in total. The van der Waals surface area contributed by atoms with Gasteiger partial charge in [-0.1, -0.05) is 41.7 Å². The Bertz CT molecular complexity index is 1050. The van der Waals surface area contributed by atoms with Crippen molar-refractivity contribution in [3.05, 3.63) is 56.0 Å². The molecule has 2 aromatic carbocycles. The minimum atomic E-state index is -0.454. The molecule has 0 spiro atoms. The number of thiocarbonyl (C=S) groups is 1. The van der Waals surface area contributed by atoms with Crippen LogP contribution in [0.1, 0.15) is 18.1 Å². The summed E-state index contributed by atoms with van der Waals surface area (Å²) in [5, 5.41) is 0. The van der Waals surface area contributed by atoms with E-state index in [1.807, 2.05) is 37.3 Å². The fourth-order valence-corrected chi connectivity index (χ4v) is 4.91. The van der Waals surface area contributed by atoms with E-state index in [0.29, 0.717) is 20.7 Å². The molecule has 3 rings (SSSR count). The van der Waals surface area contributed by atoms with E-state index in [0.717, 1.165) is 20.4 Å². The fraction of sp³-hybridized carbons (Fsp3) is 0.227. The molecule has 9 heteroatoms. The number of hydrogen-bond donors (Lipinski definition) is 0. The highest BCUT2D eigenvalue weighted by atomic mass is 127. The third-order valence-corrected chi connectivity index (χ3v) is 6.38. The van der Waals surface area contributed by atoms with Crippen LogP contribution in [0.3, 0.4) is 0 Å². The van der Waals surface area contributed by atoms with Gasteiger partial charge in [-0.3, -0.25) is 9.69 Å². The van der Waals surface area contributed by atoms with Crippen LogP contribution in [0, 0.1) is 10.5 Å². The molecule has 0 atom stereocenters. The molecule has 0 aliphatic carbocycles. The van der Waals surface area contributed by atoms with E-state index in [-0.39, 0.29) is 19.1 Å². The lowest BCUT2D eigenvalue weighted by Gasteiger charge is -2.14. The topological polar surface area (TPSA) is 65.1 Å². The van der Waals surface area contributed by atoms with Crippen LogP contribution in [-0.2, 0) is 14.3 Å². The highest BCUT2D eigenvalue weighted by molar-refractivity contribution is 14.1. The van der Waals surface area contributed by atoms with E-state index in [1.54, 1.807) is 19.1 Å². The van der Waals surface area contributed by atoms with Crippen LogP contribution >= 0.6 is 46.6 Å². The van der Waals surface area contributed by atoms with Crippen LogP contribution in [0.25, 0.3) is 6.08 Å². The van der Waals surface area contributed by atoms with Gasteiger partial charge in [0.1, 0.15) is 0 Å². The molecule has 0 radical (unpaired) electrons. The number of ether oxygens (including phenoxy) is 3. The Balaban J connectivity index is 1.85. The summed E-state index contributed by atoms with van der Waals surface area (Å²) < 4.78 is 17.1. The van der Waals surface area contributed by atoms with Crippen LogP contribution in [0.5, 0.6) is 11.5 Å². The molecule has 31 heavy (non-hydrogen) atoms. The number of anilines is 1. The zero-order chi connectivity index (χ0) is 22.5. The van der Waals surface area contributed by atoms with Crippen molar-refractivity contribution in [3.63, 3.8) is 0 Å². The first-order chi connectivity index (χ1) is 14.8. The summed E-state index contributed by atoms with van der Waals surface area (Å²) >= 11 is 8.79. The molecule has 0 saturated carbocycles. The minimum Gasteiger partial charge on any atom is -0.493 e. The average molecular weight is 569 g/mol. The van der Waals surface area contributed by atoms with Gasteiger partial charge in [-0.25, -0.2) is 4.79 Å². The second-order valence-corrected chi connectivity index (χ2v) is 9.32. The molecule has 2 aromatic rings. The molecule has 0 unspecified atom stereocenters. The van der Waals surface area contributed by atoms with E-state index < -0.39 is 5.97 Å². The third-order valence-electron chi connectivity index (χ3n) is 4.28. The molecule has 1 heterocycles. The summed E-state index contributed by atoms with van der Waals surface area (Å²) in [4.78, 5) is 26.6. The summed E-state index contributed by atoms with van der Waals surface area (Å²) in [5.41, 5.74) is 2.61. The van der Waals surface area contributed by atoms with Gasteiger partial charge in [0.25, 0.3) is 5.91 Å². The Morgan fingerprint density at radius 1 is 1.26 bits per heavy atom. The Labute approximate surface area is 204 Å². The van der Waals surface area contributed by atoms with Gasteiger partial charge in [-0.2, -0.15) is 0 Å². The Kier molecular flexibility index (Phi) is 7.95. The highest BCUT2D eigenvalue weighted by Crippen LogP contribution is 2.38. The molecule has 1 fully saturated rings. The zero-order valence-electron chi connectivity index (χ0n) is 17.1. The van der Waals surface area contributed by atoms with Gasteiger partial charge in [0.2, 0.25) is 0 Å². The Morgan fingerprint density at radius 2 is 1.97 bits per heavy atom. The number of aryl methyl sites for hydroxylation is 1. The third kappa shape index (κ3) is 5.58. The molecule has 0 aromatic heterocycles. The maximum absolute atomic E-state index is 13.0. The normalized spacial score (nSPS) is 14.8. The molecule has 1 aliphatic heterocycles. The first kappa shape index (κ1) is 23.6. The van der Waals surface area contributed by atoms with Gasteiger partial charge in [0, 0.05) is 0 Å². The van der Waals surface area contributed by atoms with Crippen LogP contribution in [0.2, 0.25) is 0 Å². The number of thioether (sulfide) groups is 1. The average Bonchev–Trinajstić information content (AvgIpc) is 3.00. The van der Waals surface area contributed by atoms with Gasteiger partial charge in [-0.15, -0.1) is 0 Å². The number of carbonyl (C=O) groups is 2. The van der Waals surface area contributed by atoms with Crippen molar-refractivity contribution in [2.45, 2.75) is 13.8 Å². The lowest BCUT2D eigenvalue weighted by atomic mass is 10.1. The van der Waals surface area contributed by atoms with Crippen LogP contribution < -0.4 is 14.4 Å². The lowest BCUT2D eigenvalue weighted by Crippen LogP contribution is -2.27. The van der Waals surface area contributed by atoms with Crippen LogP contribution in [0.15, 0.2) is 41.3 Å².